The van der Waals surface area contributed by atoms with Crippen molar-refractivity contribution in [3.8, 4) is 0 Å². The van der Waals surface area contributed by atoms with E-state index in [0.717, 1.165) is 23.6 Å². The predicted molar refractivity (Wildman–Crippen MR) is 87.6 cm³/mol. The monoisotopic (exact) mass is 317 g/mol. The van der Waals surface area contributed by atoms with Crippen molar-refractivity contribution in [3.05, 3.63) is 34.9 Å². The lowest BCUT2D eigenvalue weighted by Gasteiger charge is -2.12. The van der Waals surface area contributed by atoms with Gasteiger partial charge in [0.15, 0.2) is 0 Å². The fourth-order valence-corrected chi connectivity index (χ4v) is 2.34. The van der Waals surface area contributed by atoms with Crippen LogP contribution < -0.4 is 5.32 Å². The topological polar surface area (TPSA) is 41.5 Å². The minimum atomic E-state index is -0.456. The van der Waals surface area contributed by atoms with E-state index in [1.54, 1.807) is 0 Å². The Kier molecular flexibility index (Phi) is 10.1. The SMILES string of the molecule is CSCCCCNCC(O)COCc1ccc(Cl)cc1. The van der Waals surface area contributed by atoms with Gasteiger partial charge < -0.3 is 15.2 Å². The average molecular weight is 318 g/mol. The molecule has 1 aromatic rings. The van der Waals surface area contributed by atoms with Crippen LogP contribution in [0.3, 0.4) is 0 Å². The first kappa shape index (κ1) is 17.8. The number of aliphatic hydroxyl groups excluding tert-OH is 1. The molecule has 0 heterocycles. The molecule has 0 radical (unpaired) electrons. The van der Waals surface area contributed by atoms with E-state index in [2.05, 4.69) is 11.6 Å². The Morgan fingerprint density at radius 1 is 1.30 bits per heavy atom. The predicted octanol–water partition coefficient (Wildman–Crippen LogP) is 2.95. The summed E-state index contributed by atoms with van der Waals surface area (Å²) in [6.45, 7) is 2.39. The molecule has 0 aliphatic rings. The second-order valence-electron chi connectivity index (χ2n) is 4.70. The molecule has 1 rings (SSSR count). The molecule has 0 bridgehead atoms. The number of thioether (sulfide) groups is 1. The lowest BCUT2D eigenvalue weighted by molar-refractivity contribution is 0.0289. The van der Waals surface area contributed by atoms with Crippen LogP contribution in [-0.4, -0.2) is 42.9 Å². The third-order valence-corrected chi connectivity index (χ3v) is 3.77. The number of nitrogens with one attached hydrogen (secondary N) is 1. The van der Waals surface area contributed by atoms with Gasteiger partial charge in [0.2, 0.25) is 0 Å². The Hall–Kier alpha value is -0.260. The van der Waals surface area contributed by atoms with Gasteiger partial charge in [-0.2, -0.15) is 11.8 Å². The Bertz CT molecular complexity index is 348. The number of aliphatic hydroxyl groups is 1. The second-order valence-corrected chi connectivity index (χ2v) is 6.12. The molecule has 3 nitrogen and oxygen atoms in total. The van der Waals surface area contributed by atoms with E-state index in [4.69, 9.17) is 16.3 Å². The van der Waals surface area contributed by atoms with Crippen molar-refractivity contribution in [1.29, 1.82) is 0 Å². The van der Waals surface area contributed by atoms with Crippen LogP contribution in [0.25, 0.3) is 0 Å². The first-order chi connectivity index (χ1) is 9.72. The maximum atomic E-state index is 9.76. The van der Waals surface area contributed by atoms with E-state index >= 15 is 0 Å². The zero-order valence-electron chi connectivity index (χ0n) is 12.0. The molecule has 0 spiro atoms. The van der Waals surface area contributed by atoms with Gasteiger partial charge in [-0.3, -0.25) is 0 Å². The number of hydrogen-bond acceptors (Lipinski definition) is 4. The van der Waals surface area contributed by atoms with E-state index in [0.29, 0.717) is 19.8 Å². The average Bonchev–Trinajstić information content (AvgIpc) is 2.45. The molecule has 114 valence electrons. The van der Waals surface area contributed by atoms with Crippen molar-refractivity contribution in [2.24, 2.45) is 0 Å². The zero-order chi connectivity index (χ0) is 14.6. The van der Waals surface area contributed by atoms with Crippen LogP contribution in [0, 0.1) is 0 Å². The summed E-state index contributed by atoms with van der Waals surface area (Å²) in [5.41, 5.74) is 1.06. The van der Waals surface area contributed by atoms with E-state index in [1.165, 1.54) is 12.2 Å². The van der Waals surface area contributed by atoms with Gasteiger partial charge in [-0.25, -0.2) is 0 Å². The summed E-state index contributed by atoms with van der Waals surface area (Å²) < 4.78 is 5.48. The molecule has 20 heavy (non-hydrogen) atoms. The maximum absolute atomic E-state index is 9.76. The summed E-state index contributed by atoms with van der Waals surface area (Å²) in [6, 6.07) is 7.54. The summed E-state index contributed by atoms with van der Waals surface area (Å²) >= 11 is 7.68. The molecular formula is C15H24ClNO2S. The molecular weight excluding hydrogens is 294 g/mol. The van der Waals surface area contributed by atoms with E-state index in [9.17, 15) is 5.11 Å². The van der Waals surface area contributed by atoms with Crippen molar-refractivity contribution in [3.63, 3.8) is 0 Å². The summed E-state index contributed by atoms with van der Waals surface area (Å²) in [6.07, 6.45) is 4.04. The van der Waals surface area contributed by atoms with Crippen LogP contribution in [0.15, 0.2) is 24.3 Å². The van der Waals surface area contributed by atoms with Crippen LogP contribution in [0.5, 0.6) is 0 Å². The molecule has 0 aliphatic carbocycles. The molecule has 0 saturated heterocycles. The Balaban J connectivity index is 1.99. The molecule has 0 aromatic heterocycles. The van der Waals surface area contributed by atoms with Crippen molar-refractivity contribution in [1.82, 2.24) is 5.32 Å². The Morgan fingerprint density at radius 2 is 2.05 bits per heavy atom. The van der Waals surface area contributed by atoms with Gasteiger partial charge in [0.25, 0.3) is 0 Å². The van der Waals surface area contributed by atoms with Crippen molar-refractivity contribution >= 4 is 23.4 Å². The summed E-state index contributed by atoms with van der Waals surface area (Å²) in [4.78, 5) is 0. The summed E-state index contributed by atoms with van der Waals surface area (Å²) in [7, 11) is 0. The van der Waals surface area contributed by atoms with Gasteiger partial charge in [0, 0.05) is 11.6 Å². The van der Waals surface area contributed by atoms with Gasteiger partial charge in [0.05, 0.1) is 19.3 Å². The smallest absolute Gasteiger partial charge is 0.0897 e. The molecule has 5 heteroatoms. The van der Waals surface area contributed by atoms with Crippen LogP contribution >= 0.6 is 23.4 Å². The quantitative estimate of drug-likeness (QED) is 0.616. The second kappa shape index (κ2) is 11.4. The largest absolute Gasteiger partial charge is 0.389 e. The van der Waals surface area contributed by atoms with Gasteiger partial charge in [-0.1, -0.05) is 23.7 Å². The number of hydrogen-bond donors (Lipinski definition) is 2. The molecule has 0 aliphatic heterocycles. The minimum Gasteiger partial charge on any atom is -0.389 e. The van der Waals surface area contributed by atoms with E-state index < -0.39 is 6.10 Å². The Morgan fingerprint density at radius 3 is 2.75 bits per heavy atom. The Labute approximate surface area is 131 Å². The maximum Gasteiger partial charge on any atom is 0.0897 e. The van der Waals surface area contributed by atoms with Gasteiger partial charge >= 0.3 is 0 Å². The highest BCUT2D eigenvalue weighted by atomic mass is 35.5. The molecule has 1 atom stereocenters. The molecule has 0 saturated carbocycles. The van der Waals surface area contributed by atoms with E-state index in [-0.39, 0.29) is 0 Å². The number of rotatable bonds is 11. The number of benzene rings is 1. The van der Waals surface area contributed by atoms with Gasteiger partial charge in [-0.05, 0) is 49.1 Å². The molecule has 0 fully saturated rings. The van der Waals surface area contributed by atoms with Crippen molar-refractivity contribution in [2.75, 3.05) is 31.7 Å². The van der Waals surface area contributed by atoms with Crippen LogP contribution in [0.1, 0.15) is 18.4 Å². The normalized spacial score (nSPS) is 12.6. The highest BCUT2D eigenvalue weighted by Crippen LogP contribution is 2.10. The lowest BCUT2D eigenvalue weighted by Crippen LogP contribution is -2.31. The van der Waals surface area contributed by atoms with Crippen molar-refractivity contribution < 1.29 is 9.84 Å². The molecule has 2 N–H and O–H groups in total. The third kappa shape index (κ3) is 8.82. The first-order valence-corrected chi connectivity index (χ1v) is 8.69. The van der Waals surface area contributed by atoms with Gasteiger partial charge in [0.1, 0.15) is 0 Å². The molecule has 0 amide bonds. The van der Waals surface area contributed by atoms with Gasteiger partial charge in [-0.15, -0.1) is 0 Å². The fraction of sp³-hybridized carbons (Fsp3) is 0.600. The number of halogens is 1. The van der Waals surface area contributed by atoms with E-state index in [1.807, 2.05) is 36.0 Å². The third-order valence-electron chi connectivity index (χ3n) is 2.82. The van der Waals surface area contributed by atoms with Crippen LogP contribution in [-0.2, 0) is 11.3 Å². The summed E-state index contributed by atoms with van der Waals surface area (Å²) in [5.74, 6) is 1.20. The summed E-state index contributed by atoms with van der Waals surface area (Å²) in [5, 5.41) is 13.7. The zero-order valence-corrected chi connectivity index (χ0v) is 13.6. The highest BCUT2D eigenvalue weighted by molar-refractivity contribution is 7.98. The van der Waals surface area contributed by atoms with Crippen LogP contribution in [0.4, 0.5) is 0 Å². The number of unbranched alkanes of at least 4 members (excludes halogenated alkanes) is 1. The minimum absolute atomic E-state index is 0.348. The lowest BCUT2D eigenvalue weighted by atomic mass is 10.2. The fourth-order valence-electron chi connectivity index (χ4n) is 1.72. The van der Waals surface area contributed by atoms with Crippen LogP contribution in [0.2, 0.25) is 5.02 Å². The highest BCUT2D eigenvalue weighted by Gasteiger charge is 2.03. The van der Waals surface area contributed by atoms with Crippen molar-refractivity contribution in [2.45, 2.75) is 25.6 Å². The number of ether oxygens (including phenoxy) is 1. The molecule has 1 aromatic carbocycles. The standard InChI is InChI=1S/C15H24ClNO2S/c1-20-9-3-2-8-17-10-15(18)12-19-11-13-4-6-14(16)7-5-13/h4-7,15,17-18H,2-3,8-12H2,1H3. The first-order valence-electron chi connectivity index (χ1n) is 6.92. The molecule has 1 unspecified atom stereocenters.